The van der Waals surface area contributed by atoms with Crippen LogP contribution in [0.5, 0.6) is 0 Å². The highest BCUT2D eigenvalue weighted by molar-refractivity contribution is 6.00. The van der Waals surface area contributed by atoms with E-state index < -0.39 is 40.7 Å². The Morgan fingerprint density at radius 2 is 1.66 bits per heavy atom. The number of halogens is 5. The molecule has 1 heterocycles. The Balaban J connectivity index is 1.70. The molecule has 3 rings (SSSR count). The second-order valence-corrected chi connectivity index (χ2v) is 9.97. The van der Waals surface area contributed by atoms with Crippen LogP contribution in [0.4, 0.5) is 27.6 Å². The van der Waals surface area contributed by atoms with Crippen molar-refractivity contribution in [3.63, 3.8) is 0 Å². The predicted octanol–water partition coefficient (Wildman–Crippen LogP) is 7.90. The van der Waals surface area contributed by atoms with E-state index in [1.165, 1.54) is 11.1 Å². The van der Waals surface area contributed by atoms with E-state index in [-0.39, 0.29) is 11.5 Å². The molecule has 0 bridgehead atoms. The average Bonchev–Trinajstić information content (AvgIpc) is 3.38. The molecule has 0 saturated heterocycles. The van der Waals surface area contributed by atoms with Gasteiger partial charge in [0.05, 0.1) is 12.4 Å². The van der Waals surface area contributed by atoms with Crippen molar-refractivity contribution in [2.75, 3.05) is 5.32 Å². The first-order valence-corrected chi connectivity index (χ1v) is 12.1. The molecule has 1 unspecified atom stereocenters. The van der Waals surface area contributed by atoms with Gasteiger partial charge in [-0.3, -0.25) is 4.79 Å². The Morgan fingerprint density at radius 3 is 2.26 bits per heavy atom. The smallest absolute Gasteiger partial charge is 0.248 e. The van der Waals surface area contributed by atoms with Crippen LogP contribution < -0.4 is 5.32 Å². The lowest BCUT2D eigenvalue weighted by atomic mass is 9.71. The summed E-state index contributed by atoms with van der Waals surface area (Å²) >= 11 is 0. The van der Waals surface area contributed by atoms with Crippen molar-refractivity contribution in [2.24, 2.45) is 5.41 Å². The molecule has 4 nitrogen and oxygen atoms in total. The summed E-state index contributed by atoms with van der Waals surface area (Å²) in [6.07, 6.45) is 17.9. The first-order valence-electron chi connectivity index (χ1n) is 12.1. The lowest BCUT2D eigenvalue weighted by Gasteiger charge is -2.37. The number of rotatable bonds is 7. The third-order valence-corrected chi connectivity index (χ3v) is 6.63. The van der Waals surface area contributed by atoms with E-state index in [0.29, 0.717) is 5.57 Å². The van der Waals surface area contributed by atoms with Crippen LogP contribution in [-0.4, -0.2) is 15.5 Å². The third kappa shape index (κ3) is 6.38. The van der Waals surface area contributed by atoms with E-state index in [2.05, 4.69) is 36.4 Å². The molecule has 1 aromatic heterocycles. The molecule has 0 fully saturated rings. The van der Waals surface area contributed by atoms with Gasteiger partial charge in [-0.15, -0.1) is 0 Å². The maximum atomic E-state index is 13.8. The van der Waals surface area contributed by atoms with Crippen molar-refractivity contribution in [2.45, 2.75) is 53.5 Å². The second kappa shape index (κ2) is 11.8. The second-order valence-electron chi connectivity index (χ2n) is 9.97. The number of anilines is 1. The van der Waals surface area contributed by atoms with E-state index >= 15 is 0 Å². The van der Waals surface area contributed by atoms with Gasteiger partial charge < -0.3 is 9.88 Å². The molecule has 1 aliphatic rings. The lowest BCUT2D eigenvalue weighted by Crippen LogP contribution is -2.25. The van der Waals surface area contributed by atoms with Gasteiger partial charge >= 0.3 is 0 Å². The van der Waals surface area contributed by atoms with Crippen molar-refractivity contribution in [1.82, 2.24) is 9.55 Å². The highest BCUT2D eigenvalue weighted by atomic mass is 19.2. The molecule has 1 N–H and O–H groups in total. The fraction of sp³-hybridized carbons (Fsp3) is 0.310. The molecule has 9 heteroatoms. The summed E-state index contributed by atoms with van der Waals surface area (Å²) in [5.74, 6) is -11.8. The molecule has 0 spiro atoms. The minimum absolute atomic E-state index is 0.0236. The number of benzene rings is 1. The summed E-state index contributed by atoms with van der Waals surface area (Å²) in [6.45, 7) is 10.1. The van der Waals surface area contributed by atoms with Crippen molar-refractivity contribution < 1.29 is 26.7 Å². The number of allylic oxidation sites excluding steroid dienone is 9. The standard InChI is InChI=1S/C29H30F5N3O/c1-17(9-10-20-19(3)21(11-12-29(20,4)5)37-14-13-35-16-37)7-6-8-18(2)15-22(38)36-28-26(33)24(31)23(30)25(32)27(28)34/h6-10,13-16,21H,11-12H2,1-5H3,(H,36,38). The maximum Gasteiger partial charge on any atom is 0.248 e. The Hall–Kier alpha value is -3.75. The fourth-order valence-corrected chi connectivity index (χ4v) is 4.50. The van der Waals surface area contributed by atoms with Crippen LogP contribution in [0.1, 0.15) is 53.5 Å². The van der Waals surface area contributed by atoms with Crippen LogP contribution in [0.3, 0.4) is 0 Å². The number of nitrogens with one attached hydrogen (secondary N) is 1. The molecule has 0 saturated carbocycles. The number of amides is 1. The topological polar surface area (TPSA) is 46.9 Å². The quantitative estimate of drug-likeness (QED) is 0.130. The largest absolute Gasteiger partial charge is 0.330 e. The van der Waals surface area contributed by atoms with Gasteiger partial charge in [-0.25, -0.2) is 26.9 Å². The van der Waals surface area contributed by atoms with Gasteiger partial charge in [0.1, 0.15) is 5.69 Å². The van der Waals surface area contributed by atoms with Crippen LogP contribution in [-0.2, 0) is 4.79 Å². The first kappa shape index (κ1) is 28.8. The number of carbonyl (C=O) groups excluding carboxylic acids is 1. The van der Waals surface area contributed by atoms with Gasteiger partial charge in [-0.05, 0) is 55.7 Å². The monoisotopic (exact) mass is 531 g/mol. The summed E-state index contributed by atoms with van der Waals surface area (Å²) in [4.78, 5) is 16.3. The van der Waals surface area contributed by atoms with E-state index in [1.807, 2.05) is 31.6 Å². The molecule has 1 aliphatic carbocycles. The number of carbonyl (C=O) groups is 1. The number of nitrogens with zero attached hydrogens (tertiary/aromatic N) is 2. The summed E-state index contributed by atoms with van der Waals surface area (Å²) in [6, 6.07) is 0.262. The Labute approximate surface area is 219 Å². The Bertz CT molecular complexity index is 1340. The van der Waals surface area contributed by atoms with Crippen molar-refractivity contribution in [1.29, 1.82) is 0 Å². The first-order chi connectivity index (χ1) is 17.8. The molecule has 1 atom stereocenters. The normalized spacial score (nSPS) is 18.6. The zero-order valence-electron chi connectivity index (χ0n) is 21.9. The van der Waals surface area contributed by atoms with Gasteiger partial charge in [0.25, 0.3) is 0 Å². The molecule has 2 aromatic rings. The molecule has 38 heavy (non-hydrogen) atoms. The minimum atomic E-state index is -2.29. The van der Waals surface area contributed by atoms with Gasteiger partial charge in [-0.1, -0.05) is 49.8 Å². The molecule has 202 valence electrons. The van der Waals surface area contributed by atoms with Crippen LogP contribution in [0.2, 0.25) is 0 Å². The average molecular weight is 532 g/mol. The van der Waals surface area contributed by atoms with Gasteiger partial charge in [0.2, 0.25) is 11.7 Å². The van der Waals surface area contributed by atoms with Crippen LogP contribution >= 0.6 is 0 Å². The highest BCUT2D eigenvalue weighted by Gasteiger charge is 2.32. The molecular weight excluding hydrogens is 501 g/mol. The van der Waals surface area contributed by atoms with Crippen LogP contribution in [0.25, 0.3) is 0 Å². The number of hydrogen-bond donors (Lipinski definition) is 1. The minimum Gasteiger partial charge on any atom is -0.330 e. The van der Waals surface area contributed by atoms with Gasteiger partial charge in [0, 0.05) is 18.5 Å². The highest BCUT2D eigenvalue weighted by Crippen LogP contribution is 2.45. The third-order valence-electron chi connectivity index (χ3n) is 6.63. The molecule has 0 aliphatic heterocycles. The van der Waals surface area contributed by atoms with Crippen molar-refractivity contribution >= 4 is 11.6 Å². The maximum absolute atomic E-state index is 13.8. The fourth-order valence-electron chi connectivity index (χ4n) is 4.50. The molecule has 0 radical (unpaired) electrons. The summed E-state index contributed by atoms with van der Waals surface area (Å²) in [5.41, 5.74) is 2.52. The Kier molecular flexibility index (Phi) is 8.91. The van der Waals surface area contributed by atoms with E-state index in [1.54, 1.807) is 30.6 Å². The van der Waals surface area contributed by atoms with Gasteiger partial charge in [-0.2, -0.15) is 0 Å². The zero-order valence-corrected chi connectivity index (χ0v) is 21.9. The number of aromatic nitrogens is 2. The van der Waals surface area contributed by atoms with Gasteiger partial charge in [0.15, 0.2) is 23.3 Å². The summed E-state index contributed by atoms with van der Waals surface area (Å²) in [5, 5.41) is 1.72. The zero-order chi connectivity index (χ0) is 28.2. The number of hydrogen-bond acceptors (Lipinski definition) is 2. The lowest BCUT2D eigenvalue weighted by molar-refractivity contribution is -0.112. The van der Waals surface area contributed by atoms with E-state index in [9.17, 15) is 26.7 Å². The molecular formula is C29H30F5N3O. The summed E-state index contributed by atoms with van der Waals surface area (Å²) < 4.78 is 69.5. The number of imidazole rings is 1. The van der Waals surface area contributed by atoms with Crippen LogP contribution in [0.15, 0.2) is 77.5 Å². The van der Waals surface area contributed by atoms with Crippen molar-refractivity contribution in [3.8, 4) is 0 Å². The van der Waals surface area contributed by atoms with E-state index in [4.69, 9.17) is 0 Å². The predicted molar refractivity (Wildman–Crippen MR) is 138 cm³/mol. The van der Waals surface area contributed by atoms with Crippen LogP contribution in [0, 0.1) is 34.5 Å². The SMILES string of the molecule is CC(C=CC1=C(C)C(n2ccnc2)CCC1(C)C)=CC=CC(C)=CC(=O)Nc1c(F)c(F)c(F)c(F)c1F. The van der Waals surface area contributed by atoms with E-state index in [0.717, 1.165) is 24.5 Å². The molecule has 1 amide bonds. The Morgan fingerprint density at radius 1 is 1.03 bits per heavy atom. The summed E-state index contributed by atoms with van der Waals surface area (Å²) in [7, 11) is 0. The van der Waals surface area contributed by atoms with Crippen molar-refractivity contribution in [3.05, 3.63) is 107 Å². The molecule has 1 aromatic carbocycles.